The molecule has 1 aliphatic rings. The fraction of sp³-hybridized carbons (Fsp3) is 0.154. The van der Waals surface area contributed by atoms with E-state index in [4.69, 9.17) is 22.7 Å². The quantitative estimate of drug-likeness (QED) is 0.737. The van der Waals surface area contributed by atoms with Crippen molar-refractivity contribution in [1.29, 1.82) is 0 Å². The monoisotopic (exact) mass is 288 g/mol. The van der Waals surface area contributed by atoms with Crippen molar-refractivity contribution in [2.24, 2.45) is 5.73 Å². The Morgan fingerprint density at radius 3 is 3.10 bits per heavy atom. The summed E-state index contributed by atoms with van der Waals surface area (Å²) in [5.41, 5.74) is 6.95. The molecule has 0 saturated carbocycles. The third-order valence-electron chi connectivity index (χ3n) is 3.17. The molecule has 0 aliphatic carbocycles. The number of H-pyrrole nitrogens is 1. The highest BCUT2D eigenvalue weighted by Gasteiger charge is 2.30. The summed E-state index contributed by atoms with van der Waals surface area (Å²) < 4.78 is 5.49. The second kappa shape index (κ2) is 4.93. The van der Waals surface area contributed by atoms with Crippen molar-refractivity contribution in [3.05, 3.63) is 41.6 Å². The Morgan fingerprint density at radius 2 is 2.30 bits per heavy atom. The lowest BCUT2D eigenvalue weighted by Gasteiger charge is -2.09. The van der Waals surface area contributed by atoms with E-state index in [0.29, 0.717) is 18.0 Å². The van der Waals surface area contributed by atoms with Crippen molar-refractivity contribution >= 4 is 28.9 Å². The first-order valence-corrected chi connectivity index (χ1v) is 6.43. The highest BCUT2D eigenvalue weighted by atomic mass is 32.1. The van der Waals surface area contributed by atoms with Crippen molar-refractivity contribution in [3.8, 4) is 5.75 Å². The van der Waals surface area contributed by atoms with Gasteiger partial charge in [-0.2, -0.15) is 5.10 Å². The number of nitrogens with zero attached hydrogens (tertiary/aromatic N) is 1. The summed E-state index contributed by atoms with van der Waals surface area (Å²) in [7, 11) is 0. The van der Waals surface area contributed by atoms with Gasteiger partial charge in [-0.1, -0.05) is 30.4 Å². The van der Waals surface area contributed by atoms with Gasteiger partial charge in [0.2, 0.25) is 5.91 Å². The Bertz CT molecular complexity index is 683. The van der Waals surface area contributed by atoms with Gasteiger partial charge in [0.1, 0.15) is 29.1 Å². The second-order valence-corrected chi connectivity index (χ2v) is 4.85. The summed E-state index contributed by atoms with van der Waals surface area (Å²) in [6, 6.07) is 7.48. The standard InChI is InChI=1S/C13H12N4O2S/c14-11(20)8-5-15-17-12(8)16-13(18)9-6-19-10-4-2-1-3-7(9)10/h1-5,9H,6H2,(H2,14,20)(H2,15,16,17,18). The molecule has 1 aromatic carbocycles. The Labute approximate surface area is 120 Å². The number of nitrogens with one attached hydrogen (secondary N) is 2. The van der Waals surface area contributed by atoms with Gasteiger partial charge in [0.15, 0.2) is 0 Å². The van der Waals surface area contributed by atoms with E-state index in [1.165, 1.54) is 6.20 Å². The molecule has 0 saturated heterocycles. The van der Waals surface area contributed by atoms with Crippen molar-refractivity contribution < 1.29 is 9.53 Å². The van der Waals surface area contributed by atoms with Crippen molar-refractivity contribution in [2.45, 2.75) is 5.92 Å². The van der Waals surface area contributed by atoms with Gasteiger partial charge in [-0.25, -0.2) is 0 Å². The molecular formula is C13H12N4O2S. The highest BCUT2D eigenvalue weighted by Crippen LogP contribution is 2.34. The van der Waals surface area contributed by atoms with E-state index in [1.54, 1.807) is 0 Å². The molecule has 6 nitrogen and oxygen atoms in total. The van der Waals surface area contributed by atoms with E-state index in [0.717, 1.165) is 11.3 Å². The minimum absolute atomic E-state index is 0.178. The number of carbonyl (C=O) groups is 1. The number of ether oxygens (including phenoxy) is 1. The third kappa shape index (κ3) is 2.12. The number of amides is 1. The van der Waals surface area contributed by atoms with E-state index in [-0.39, 0.29) is 16.8 Å². The van der Waals surface area contributed by atoms with Crippen LogP contribution in [0.5, 0.6) is 5.75 Å². The average molecular weight is 288 g/mol. The molecule has 0 spiro atoms. The Hall–Kier alpha value is -2.41. The van der Waals surface area contributed by atoms with E-state index >= 15 is 0 Å². The molecule has 2 aromatic rings. The zero-order valence-electron chi connectivity index (χ0n) is 10.4. The fourth-order valence-corrected chi connectivity index (χ4v) is 2.31. The number of nitrogens with two attached hydrogens (primary N) is 1. The van der Waals surface area contributed by atoms with Gasteiger partial charge in [-0.15, -0.1) is 0 Å². The summed E-state index contributed by atoms with van der Waals surface area (Å²) in [6.45, 7) is 0.321. The Kier molecular flexibility index (Phi) is 3.11. The third-order valence-corrected chi connectivity index (χ3v) is 3.39. The number of para-hydroxylation sites is 1. The van der Waals surface area contributed by atoms with Crippen LogP contribution in [0.15, 0.2) is 30.5 Å². The molecule has 1 aliphatic heterocycles. The lowest BCUT2D eigenvalue weighted by Crippen LogP contribution is -2.24. The molecule has 1 atom stereocenters. The van der Waals surface area contributed by atoms with Crippen LogP contribution in [0.3, 0.4) is 0 Å². The number of anilines is 1. The molecule has 0 bridgehead atoms. The Balaban J connectivity index is 1.81. The smallest absolute Gasteiger partial charge is 0.236 e. The van der Waals surface area contributed by atoms with Gasteiger partial charge in [0.05, 0.1) is 11.8 Å². The summed E-state index contributed by atoms with van der Waals surface area (Å²) in [4.78, 5) is 12.5. The summed E-state index contributed by atoms with van der Waals surface area (Å²) >= 11 is 4.90. The molecule has 7 heteroatoms. The number of rotatable bonds is 3. The maximum atomic E-state index is 12.3. The van der Waals surface area contributed by atoms with Gasteiger partial charge in [0, 0.05) is 5.56 Å². The van der Waals surface area contributed by atoms with E-state index in [2.05, 4.69) is 15.5 Å². The molecule has 4 N–H and O–H groups in total. The van der Waals surface area contributed by atoms with Crippen LogP contribution < -0.4 is 15.8 Å². The molecular weight excluding hydrogens is 276 g/mol. The maximum Gasteiger partial charge on any atom is 0.236 e. The predicted octanol–water partition coefficient (Wildman–Crippen LogP) is 1.16. The Morgan fingerprint density at radius 1 is 1.50 bits per heavy atom. The van der Waals surface area contributed by atoms with E-state index in [1.807, 2.05) is 24.3 Å². The van der Waals surface area contributed by atoms with Gasteiger partial charge >= 0.3 is 0 Å². The number of hydrogen-bond acceptors (Lipinski definition) is 4. The molecule has 2 heterocycles. The first-order chi connectivity index (χ1) is 9.66. The largest absolute Gasteiger partial charge is 0.492 e. The summed E-state index contributed by atoms with van der Waals surface area (Å²) in [5.74, 6) is 0.615. The van der Waals surface area contributed by atoms with Crippen LogP contribution in [0.4, 0.5) is 5.82 Å². The van der Waals surface area contributed by atoms with Crippen molar-refractivity contribution in [2.75, 3.05) is 11.9 Å². The number of benzene rings is 1. The van der Waals surface area contributed by atoms with Crippen LogP contribution in [0, 0.1) is 0 Å². The molecule has 1 aromatic heterocycles. The molecule has 20 heavy (non-hydrogen) atoms. The van der Waals surface area contributed by atoms with Crippen molar-refractivity contribution in [1.82, 2.24) is 10.2 Å². The topological polar surface area (TPSA) is 93.0 Å². The number of carbonyl (C=O) groups excluding carboxylic acids is 1. The predicted molar refractivity (Wildman–Crippen MR) is 77.8 cm³/mol. The van der Waals surface area contributed by atoms with Crippen LogP contribution in [-0.2, 0) is 4.79 Å². The highest BCUT2D eigenvalue weighted by molar-refractivity contribution is 7.80. The number of thiocarbonyl (C=S) groups is 1. The summed E-state index contributed by atoms with van der Waals surface area (Å²) in [5, 5.41) is 9.25. The van der Waals surface area contributed by atoms with Crippen LogP contribution in [-0.4, -0.2) is 27.7 Å². The van der Waals surface area contributed by atoms with Crippen LogP contribution in [0.1, 0.15) is 17.0 Å². The normalized spacial score (nSPS) is 16.3. The summed E-state index contributed by atoms with van der Waals surface area (Å²) in [6.07, 6.45) is 1.48. The van der Waals surface area contributed by atoms with E-state index in [9.17, 15) is 4.79 Å². The van der Waals surface area contributed by atoms with Gasteiger partial charge in [-0.3, -0.25) is 9.89 Å². The minimum atomic E-state index is -0.353. The first-order valence-electron chi connectivity index (χ1n) is 6.02. The SMILES string of the molecule is NC(=S)c1cn[nH]c1NC(=O)C1COc2ccccc21. The van der Waals surface area contributed by atoms with Gasteiger partial charge in [-0.05, 0) is 6.07 Å². The lowest BCUT2D eigenvalue weighted by molar-refractivity contribution is -0.117. The van der Waals surface area contributed by atoms with Crippen LogP contribution >= 0.6 is 12.2 Å². The molecule has 1 amide bonds. The molecule has 102 valence electrons. The zero-order valence-corrected chi connectivity index (χ0v) is 11.2. The average Bonchev–Trinajstić information content (AvgIpc) is 3.04. The van der Waals surface area contributed by atoms with Gasteiger partial charge in [0.25, 0.3) is 0 Å². The fourth-order valence-electron chi connectivity index (χ4n) is 2.16. The number of hydrogen-bond donors (Lipinski definition) is 3. The molecule has 1 unspecified atom stereocenters. The first kappa shape index (κ1) is 12.6. The number of aromatic nitrogens is 2. The lowest BCUT2D eigenvalue weighted by atomic mass is 10.0. The van der Waals surface area contributed by atoms with Crippen LogP contribution in [0.2, 0.25) is 0 Å². The van der Waals surface area contributed by atoms with Gasteiger partial charge < -0.3 is 15.8 Å². The number of fused-ring (bicyclic) bond motifs is 1. The zero-order chi connectivity index (χ0) is 14.1. The molecule has 0 radical (unpaired) electrons. The second-order valence-electron chi connectivity index (χ2n) is 4.41. The molecule has 0 fully saturated rings. The number of aromatic amines is 1. The van der Waals surface area contributed by atoms with E-state index < -0.39 is 0 Å². The van der Waals surface area contributed by atoms with Crippen molar-refractivity contribution in [3.63, 3.8) is 0 Å². The minimum Gasteiger partial charge on any atom is -0.492 e. The van der Waals surface area contributed by atoms with Crippen LogP contribution in [0.25, 0.3) is 0 Å². The maximum absolute atomic E-state index is 12.3. The molecule has 3 rings (SSSR count).